The Kier molecular flexibility index (Phi) is 4.00. The van der Waals surface area contributed by atoms with Gasteiger partial charge < -0.3 is 15.0 Å². The van der Waals surface area contributed by atoms with Crippen LogP contribution in [0.1, 0.15) is 5.69 Å². The Hall–Kier alpha value is -3.41. The van der Waals surface area contributed by atoms with Crippen molar-refractivity contribution < 1.29 is 4.74 Å². The van der Waals surface area contributed by atoms with Crippen molar-refractivity contribution in [2.45, 2.75) is 6.54 Å². The Bertz CT molecular complexity index is 997. The van der Waals surface area contributed by atoms with Gasteiger partial charge in [-0.1, -0.05) is 12.1 Å². The van der Waals surface area contributed by atoms with Crippen LogP contribution in [0.25, 0.3) is 22.3 Å². The molecular weight excluding hydrogens is 314 g/mol. The van der Waals surface area contributed by atoms with E-state index in [1.165, 1.54) is 0 Å². The number of ether oxygens (including phenoxy) is 1. The summed E-state index contributed by atoms with van der Waals surface area (Å²) in [4.78, 5) is 16.7. The van der Waals surface area contributed by atoms with Gasteiger partial charge in [0.05, 0.1) is 25.0 Å². The van der Waals surface area contributed by atoms with E-state index in [9.17, 15) is 0 Å². The number of nitrogens with zero attached hydrogens (tertiary/aromatic N) is 3. The van der Waals surface area contributed by atoms with Gasteiger partial charge in [-0.05, 0) is 30.3 Å². The Labute approximate surface area is 144 Å². The molecule has 4 aromatic heterocycles. The van der Waals surface area contributed by atoms with Crippen molar-refractivity contribution in [3.8, 4) is 17.1 Å². The minimum absolute atomic E-state index is 0.584. The number of hydrogen-bond donors (Lipinski definition) is 2. The monoisotopic (exact) mass is 331 g/mol. The number of anilines is 1. The molecule has 0 aliphatic rings. The number of H-pyrrole nitrogens is 1. The zero-order valence-electron chi connectivity index (χ0n) is 13.7. The summed E-state index contributed by atoms with van der Waals surface area (Å²) >= 11 is 0. The fraction of sp³-hybridized carbons (Fsp3) is 0.105. The van der Waals surface area contributed by atoms with Gasteiger partial charge >= 0.3 is 0 Å². The van der Waals surface area contributed by atoms with Crippen molar-refractivity contribution >= 4 is 16.9 Å². The molecule has 0 bridgehead atoms. The third kappa shape index (κ3) is 3.14. The topological polar surface area (TPSA) is 75.7 Å². The summed E-state index contributed by atoms with van der Waals surface area (Å²) in [6, 6.07) is 15.6. The first-order chi connectivity index (χ1) is 12.3. The summed E-state index contributed by atoms with van der Waals surface area (Å²) < 4.78 is 5.25. The van der Waals surface area contributed by atoms with E-state index in [0.29, 0.717) is 12.4 Å². The molecule has 0 fully saturated rings. The van der Waals surface area contributed by atoms with Crippen LogP contribution in [0.4, 0.5) is 5.82 Å². The first-order valence-electron chi connectivity index (χ1n) is 7.97. The van der Waals surface area contributed by atoms with Gasteiger partial charge in [-0.25, -0.2) is 9.97 Å². The van der Waals surface area contributed by atoms with Crippen molar-refractivity contribution in [3.63, 3.8) is 0 Å². The summed E-state index contributed by atoms with van der Waals surface area (Å²) in [6.07, 6.45) is 3.66. The molecule has 0 saturated heterocycles. The lowest BCUT2D eigenvalue weighted by atomic mass is 10.1. The highest BCUT2D eigenvalue weighted by Crippen LogP contribution is 2.29. The van der Waals surface area contributed by atoms with E-state index in [-0.39, 0.29) is 0 Å². The van der Waals surface area contributed by atoms with Crippen molar-refractivity contribution in [2.75, 3.05) is 12.4 Å². The smallest absolute Gasteiger partial charge is 0.213 e. The maximum absolute atomic E-state index is 5.25. The lowest BCUT2D eigenvalue weighted by Gasteiger charge is -2.09. The maximum Gasteiger partial charge on any atom is 0.213 e. The highest BCUT2D eigenvalue weighted by atomic mass is 16.5. The molecule has 6 heteroatoms. The van der Waals surface area contributed by atoms with Crippen LogP contribution in [0.3, 0.4) is 0 Å². The number of aromatic amines is 1. The van der Waals surface area contributed by atoms with Crippen molar-refractivity contribution in [1.82, 2.24) is 19.9 Å². The fourth-order valence-corrected chi connectivity index (χ4v) is 2.70. The van der Waals surface area contributed by atoms with Crippen LogP contribution < -0.4 is 10.1 Å². The van der Waals surface area contributed by atoms with Crippen LogP contribution in [0.15, 0.2) is 60.9 Å². The molecule has 2 N–H and O–H groups in total. The predicted molar refractivity (Wildman–Crippen MR) is 97.4 cm³/mol. The number of hydrogen-bond acceptors (Lipinski definition) is 5. The maximum atomic E-state index is 5.25. The number of methoxy groups -OCH3 is 1. The molecule has 124 valence electrons. The molecule has 0 saturated carbocycles. The lowest BCUT2D eigenvalue weighted by Crippen LogP contribution is -2.03. The summed E-state index contributed by atoms with van der Waals surface area (Å²) in [5, 5.41) is 4.35. The van der Waals surface area contributed by atoms with E-state index < -0.39 is 0 Å². The second-order valence-corrected chi connectivity index (χ2v) is 5.53. The highest BCUT2D eigenvalue weighted by Gasteiger charge is 2.11. The van der Waals surface area contributed by atoms with Gasteiger partial charge in [-0.3, -0.25) is 4.98 Å². The molecule has 0 aliphatic heterocycles. The number of nitrogens with one attached hydrogen (secondary N) is 2. The van der Waals surface area contributed by atoms with E-state index >= 15 is 0 Å². The van der Waals surface area contributed by atoms with E-state index in [1.54, 1.807) is 13.3 Å². The largest absolute Gasteiger partial charge is 0.481 e. The number of pyridine rings is 3. The van der Waals surface area contributed by atoms with Crippen molar-refractivity contribution in [3.05, 3.63) is 66.6 Å². The first-order valence-corrected chi connectivity index (χ1v) is 7.97. The lowest BCUT2D eigenvalue weighted by molar-refractivity contribution is 0.398. The van der Waals surface area contributed by atoms with Crippen LogP contribution in [0.5, 0.6) is 5.88 Å². The minimum Gasteiger partial charge on any atom is -0.481 e. The Morgan fingerprint density at radius 3 is 2.88 bits per heavy atom. The van der Waals surface area contributed by atoms with Gasteiger partial charge in [0.15, 0.2) is 0 Å². The van der Waals surface area contributed by atoms with Gasteiger partial charge in [0.25, 0.3) is 0 Å². The molecule has 4 heterocycles. The molecule has 6 nitrogen and oxygen atoms in total. The number of rotatable bonds is 5. The predicted octanol–water partition coefficient (Wildman–Crippen LogP) is 3.64. The van der Waals surface area contributed by atoms with Crippen LogP contribution >= 0.6 is 0 Å². The molecule has 0 aliphatic carbocycles. The van der Waals surface area contributed by atoms with E-state index in [0.717, 1.165) is 33.8 Å². The second kappa shape index (κ2) is 6.60. The van der Waals surface area contributed by atoms with Crippen LogP contribution in [-0.4, -0.2) is 27.0 Å². The average molecular weight is 331 g/mol. The van der Waals surface area contributed by atoms with Crippen LogP contribution in [0.2, 0.25) is 0 Å². The first kappa shape index (κ1) is 15.1. The summed E-state index contributed by atoms with van der Waals surface area (Å²) in [6.45, 7) is 0.602. The molecule has 0 amide bonds. The Morgan fingerprint density at radius 1 is 1.08 bits per heavy atom. The number of fused-ring (bicyclic) bond motifs is 1. The number of aromatic nitrogens is 4. The Balaban J connectivity index is 1.72. The standard InChI is InChI=1S/C19H17N5O/c1-25-18-7-4-6-16(23-18)15-11-17(24-19-14(15)8-10-21-19)22-12-13-5-2-3-9-20-13/h2-11H,12H2,1H3,(H2,21,22,24). The zero-order chi connectivity index (χ0) is 17.1. The third-order valence-corrected chi connectivity index (χ3v) is 3.91. The van der Waals surface area contributed by atoms with Gasteiger partial charge in [0, 0.05) is 29.4 Å². The molecule has 0 spiro atoms. The molecule has 4 rings (SSSR count). The van der Waals surface area contributed by atoms with Crippen molar-refractivity contribution in [1.29, 1.82) is 0 Å². The van der Waals surface area contributed by atoms with Crippen LogP contribution in [-0.2, 0) is 6.54 Å². The molecular formula is C19H17N5O. The van der Waals surface area contributed by atoms with Gasteiger partial charge in [-0.2, -0.15) is 0 Å². The Morgan fingerprint density at radius 2 is 2.04 bits per heavy atom. The van der Waals surface area contributed by atoms with E-state index in [2.05, 4.69) is 25.3 Å². The van der Waals surface area contributed by atoms with Gasteiger partial charge in [0.2, 0.25) is 5.88 Å². The van der Waals surface area contributed by atoms with Gasteiger partial charge in [-0.15, -0.1) is 0 Å². The minimum atomic E-state index is 0.584. The van der Waals surface area contributed by atoms with Crippen molar-refractivity contribution in [2.24, 2.45) is 0 Å². The van der Waals surface area contributed by atoms with E-state index in [4.69, 9.17) is 4.74 Å². The summed E-state index contributed by atoms with van der Waals surface area (Å²) in [5.74, 6) is 1.35. The molecule has 4 aromatic rings. The molecule has 0 atom stereocenters. The normalized spacial score (nSPS) is 10.8. The zero-order valence-corrected chi connectivity index (χ0v) is 13.7. The van der Waals surface area contributed by atoms with Crippen LogP contribution in [0, 0.1) is 0 Å². The summed E-state index contributed by atoms with van der Waals surface area (Å²) in [7, 11) is 1.62. The fourth-order valence-electron chi connectivity index (χ4n) is 2.70. The molecule has 25 heavy (non-hydrogen) atoms. The average Bonchev–Trinajstić information content (AvgIpc) is 3.15. The summed E-state index contributed by atoms with van der Waals surface area (Å²) in [5.41, 5.74) is 3.60. The SMILES string of the molecule is COc1cccc(-c2cc(NCc3ccccn3)nc3[nH]ccc23)n1. The highest BCUT2D eigenvalue weighted by molar-refractivity contribution is 5.93. The second-order valence-electron chi connectivity index (χ2n) is 5.53. The molecule has 0 aromatic carbocycles. The third-order valence-electron chi connectivity index (χ3n) is 3.91. The van der Waals surface area contributed by atoms with E-state index in [1.807, 2.05) is 54.7 Å². The quantitative estimate of drug-likeness (QED) is 0.584. The van der Waals surface area contributed by atoms with Gasteiger partial charge in [0.1, 0.15) is 11.5 Å². The molecule has 0 unspecified atom stereocenters. The molecule has 0 radical (unpaired) electrons.